The third-order valence-corrected chi connectivity index (χ3v) is 3.28. The topological polar surface area (TPSA) is 73.1 Å². The largest absolute Gasteiger partial charge is 0.383 e. The van der Waals surface area contributed by atoms with Gasteiger partial charge in [-0.2, -0.15) is 4.98 Å². The van der Waals surface area contributed by atoms with Gasteiger partial charge in [-0.1, -0.05) is 19.0 Å². The summed E-state index contributed by atoms with van der Waals surface area (Å²) in [6.45, 7) is 5.63. The number of hydrogen-bond acceptors (Lipinski definition) is 6. The van der Waals surface area contributed by atoms with Gasteiger partial charge in [-0.15, -0.1) is 0 Å². The Hall–Kier alpha value is -1.79. The molecule has 1 N–H and O–H groups in total. The monoisotopic (exact) mass is 290 g/mol. The number of pyridine rings is 1. The molecule has 21 heavy (non-hydrogen) atoms. The Morgan fingerprint density at radius 2 is 2.24 bits per heavy atom. The normalized spacial score (nSPS) is 12.5. The first-order valence-electron chi connectivity index (χ1n) is 7.26. The first-order chi connectivity index (χ1) is 10.3. The van der Waals surface area contributed by atoms with Crippen molar-refractivity contribution in [3.63, 3.8) is 0 Å². The molecule has 0 spiro atoms. The zero-order valence-electron chi connectivity index (χ0n) is 12.8. The van der Waals surface area contributed by atoms with Crippen molar-refractivity contribution in [2.75, 3.05) is 20.3 Å². The van der Waals surface area contributed by atoms with Crippen molar-refractivity contribution in [3.8, 4) is 11.4 Å². The molecular formula is C15H22N4O2. The van der Waals surface area contributed by atoms with E-state index in [0.29, 0.717) is 24.7 Å². The highest BCUT2D eigenvalue weighted by atomic mass is 16.5. The summed E-state index contributed by atoms with van der Waals surface area (Å²) in [4.78, 5) is 8.63. The average Bonchev–Trinajstić information content (AvgIpc) is 2.96. The van der Waals surface area contributed by atoms with Crippen LogP contribution in [0, 0.1) is 0 Å². The number of hydrogen-bond donors (Lipinski definition) is 1. The minimum absolute atomic E-state index is 0.177. The third kappa shape index (κ3) is 4.09. The molecule has 1 unspecified atom stereocenters. The van der Waals surface area contributed by atoms with Gasteiger partial charge in [0.25, 0.3) is 0 Å². The van der Waals surface area contributed by atoms with E-state index < -0.39 is 0 Å². The third-order valence-electron chi connectivity index (χ3n) is 3.28. The van der Waals surface area contributed by atoms with Gasteiger partial charge in [-0.25, -0.2) is 0 Å². The molecule has 6 nitrogen and oxygen atoms in total. The van der Waals surface area contributed by atoms with E-state index in [-0.39, 0.29) is 6.04 Å². The van der Waals surface area contributed by atoms with Gasteiger partial charge in [0, 0.05) is 37.5 Å². The van der Waals surface area contributed by atoms with E-state index in [1.165, 1.54) is 0 Å². The smallest absolute Gasteiger partial charge is 0.228 e. The van der Waals surface area contributed by atoms with Crippen molar-refractivity contribution >= 4 is 0 Å². The minimum atomic E-state index is 0.177. The lowest BCUT2D eigenvalue weighted by molar-refractivity contribution is 0.162. The molecule has 2 aromatic rings. The zero-order valence-corrected chi connectivity index (χ0v) is 12.8. The molecule has 0 fully saturated rings. The van der Waals surface area contributed by atoms with E-state index >= 15 is 0 Å². The van der Waals surface area contributed by atoms with Crippen LogP contribution in [0.2, 0.25) is 0 Å². The molecule has 2 rings (SSSR count). The summed E-state index contributed by atoms with van der Waals surface area (Å²) >= 11 is 0. The van der Waals surface area contributed by atoms with Gasteiger partial charge < -0.3 is 14.6 Å². The summed E-state index contributed by atoms with van der Waals surface area (Å²) in [5, 5.41) is 7.43. The number of rotatable bonds is 8. The molecule has 0 bridgehead atoms. The lowest BCUT2D eigenvalue weighted by atomic mass is 10.1. The second-order valence-corrected chi connectivity index (χ2v) is 4.81. The first kappa shape index (κ1) is 15.6. The molecule has 6 heteroatoms. The van der Waals surface area contributed by atoms with Crippen LogP contribution in [-0.4, -0.2) is 41.4 Å². The summed E-state index contributed by atoms with van der Waals surface area (Å²) in [5.74, 6) is 1.24. The number of likely N-dealkylation sites (N-methyl/N-ethyl adjacent to an activating group) is 1. The summed E-state index contributed by atoms with van der Waals surface area (Å²) in [6, 6.07) is 2.10. The van der Waals surface area contributed by atoms with Gasteiger partial charge in [0.1, 0.15) is 0 Å². The highest BCUT2D eigenvalue weighted by Gasteiger charge is 2.16. The van der Waals surface area contributed by atoms with Crippen molar-refractivity contribution < 1.29 is 9.26 Å². The Morgan fingerprint density at radius 1 is 1.38 bits per heavy atom. The molecule has 2 heterocycles. The molecule has 1 atom stereocenters. The van der Waals surface area contributed by atoms with Crippen molar-refractivity contribution in [1.29, 1.82) is 0 Å². The molecular weight excluding hydrogens is 268 g/mol. The number of ether oxygens (including phenoxy) is 1. The lowest BCUT2D eigenvalue weighted by Crippen LogP contribution is -2.35. The average molecular weight is 290 g/mol. The number of nitrogens with zero attached hydrogens (tertiary/aromatic N) is 3. The maximum Gasteiger partial charge on any atom is 0.228 e. The summed E-state index contributed by atoms with van der Waals surface area (Å²) in [6.07, 6.45) is 5.13. The van der Waals surface area contributed by atoms with Crippen molar-refractivity contribution in [1.82, 2.24) is 20.4 Å². The Morgan fingerprint density at radius 3 is 2.95 bits per heavy atom. The number of aryl methyl sites for hydroxylation is 1. The van der Waals surface area contributed by atoms with Crippen LogP contribution >= 0.6 is 0 Å². The second kappa shape index (κ2) is 7.85. The second-order valence-electron chi connectivity index (χ2n) is 4.81. The van der Waals surface area contributed by atoms with Gasteiger partial charge in [-0.05, 0) is 24.6 Å². The molecule has 0 saturated heterocycles. The van der Waals surface area contributed by atoms with Crippen LogP contribution < -0.4 is 5.32 Å². The summed E-state index contributed by atoms with van der Waals surface area (Å²) in [5.41, 5.74) is 2.10. The van der Waals surface area contributed by atoms with Crippen LogP contribution in [-0.2, 0) is 17.6 Å². The fourth-order valence-corrected chi connectivity index (χ4v) is 2.26. The first-order valence-corrected chi connectivity index (χ1v) is 7.26. The van der Waals surface area contributed by atoms with Crippen LogP contribution in [0.4, 0.5) is 0 Å². The summed E-state index contributed by atoms with van der Waals surface area (Å²) in [7, 11) is 1.69. The van der Waals surface area contributed by atoms with E-state index in [4.69, 9.17) is 9.26 Å². The Bertz CT molecular complexity index is 550. The molecule has 0 aliphatic rings. The van der Waals surface area contributed by atoms with E-state index in [9.17, 15) is 0 Å². The maximum absolute atomic E-state index is 5.36. The predicted molar refractivity (Wildman–Crippen MR) is 80.0 cm³/mol. The van der Waals surface area contributed by atoms with E-state index in [0.717, 1.165) is 24.1 Å². The van der Waals surface area contributed by atoms with Crippen molar-refractivity contribution in [2.45, 2.75) is 32.7 Å². The number of methoxy groups -OCH3 is 1. The van der Waals surface area contributed by atoms with Gasteiger partial charge in [0.15, 0.2) is 0 Å². The Labute approximate surface area is 124 Å². The Kier molecular flexibility index (Phi) is 5.83. The quantitative estimate of drug-likeness (QED) is 0.800. The number of nitrogens with one attached hydrogen (secondary N) is 1. The lowest BCUT2D eigenvalue weighted by Gasteiger charge is -2.14. The summed E-state index contributed by atoms with van der Waals surface area (Å²) < 4.78 is 10.6. The highest BCUT2D eigenvalue weighted by molar-refractivity contribution is 5.58. The Balaban J connectivity index is 2.13. The van der Waals surface area contributed by atoms with Gasteiger partial charge in [0.05, 0.1) is 6.61 Å². The van der Waals surface area contributed by atoms with Crippen LogP contribution in [0.1, 0.15) is 25.3 Å². The van der Waals surface area contributed by atoms with E-state index in [2.05, 4.69) is 34.3 Å². The molecule has 0 amide bonds. The molecule has 0 aliphatic heterocycles. The van der Waals surface area contributed by atoms with Gasteiger partial charge in [0.2, 0.25) is 11.7 Å². The van der Waals surface area contributed by atoms with E-state index in [1.807, 2.05) is 12.3 Å². The fraction of sp³-hybridized carbons (Fsp3) is 0.533. The molecule has 2 aromatic heterocycles. The molecule has 0 radical (unpaired) electrons. The molecule has 0 aliphatic carbocycles. The zero-order chi connectivity index (χ0) is 15.1. The van der Waals surface area contributed by atoms with Crippen LogP contribution in [0.5, 0.6) is 0 Å². The standard InChI is InChI=1S/C15H22N4O2/c1-4-11-9-16-7-6-13(11)15-18-14(21-19-15)8-12(10-20-3)17-5-2/h6-7,9,12,17H,4-5,8,10H2,1-3H3. The fourth-order valence-electron chi connectivity index (χ4n) is 2.26. The van der Waals surface area contributed by atoms with E-state index in [1.54, 1.807) is 13.3 Å². The predicted octanol–water partition coefficient (Wildman–Crippen LogP) is 1.86. The van der Waals surface area contributed by atoms with Crippen molar-refractivity contribution in [3.05, 3.63) is 29.9 Å². The van der Waals surface area contributed by atoms with Gasteiger partial charge in [-0.3, -0.25) is 4.98 Å². The molecule has 114 valence electrons. The van der Waals surface area contributed by atoms with Gasteiger partial charge >= 0.3 is 0 Å². The van der Waals surface area contributed by atoms with Crippen LogP contribution in [0.25, 0.3) is 11.4 Å². The van der Waals surface area contributed by atoms with Crippen LogP contribution in [0.3, 0.4) is 0 Å². The molecule has 0 saturated carbocycles. The molecule has 0 aromatic carbocycles. The number of aromatic nitrogens is 3. The van der Waals surface area contributed by atoms with Crippen molar-refractivity contribution in [2.24, 2.45) is 0 Å². The highest BCUT2D eigenvalue weighted by Crippen LogP contribution is 2.20. The SMILES string of the molecule is CCNC(COC)Cc1nc(-c2ccncc2CC)no1. The van der Waals surface area contributed by atoms with Crippen LogP contribution in [0.15, 0.2) is 23.0 Å². The minimum Gasteiger partial charge on any atom is -0.383 e. The maximum atomic E-state index is 5.36.